The van der Waals surface area contributed by atoms with Gasteiger partial charge in [-0.25, -0.2) is 0 Å². The molecule has 0 radical (unpaired) electrons. The summed E-state index contributed by atoms with van der Waals surface area (Å²) in [6.07, 6.45) is 0.951. The van der Waals surface area contributed by atoms with Crippen LogP contribution in [0.3, 0.4) is 0 Å². The van der Waals surface area contributed by atoms with Gasteiger partial charge in [0, 0.05) is 24.3 Å². The fourth-order valence-electron chi connectivity index (χ4n) is 3.53. The summed E-state index contributed by atoms with van der Waals surface area (Å²) in [5.41, 5.74) is 3.24. The number of ketones is 1. The molecule has 0 fully saturated rings. The lowest BCUT2D eigenvalue weighted by molar-refractivity contribution is -0.119. The second-order valence-corrected chi connectivity index (χ2v) is 7.12. The Bertz CT molecular complexity index is 810. The SMILES string of the molecule is CC(C)COc1ccccc1C1CC(=O)Cc2cc3c(cc21)OCO3. The van der Waals surface area contributed by atoms with E-state index in [1.807, 2.05) is 30.3 Å². The number of ether oxygens (including phenoxy) is 3. The third-order valence-electron chi connectivity index (χ3n) is 4.70. The molecule has 4 rings (SSSR count). The van der Waals surface area contributed by atoms with Gasteiger partial charge < -0.3 is 14.2 Å². The van der Waals surface area contributed by atoms with Crippen LogP contribution in [0.25, 0.3) is 0 Å². The van der Waals surface area contributed by atoms with Gasteiger partial charge in [-0.05, 0) is 35.2 Å². The summed E-state index contributed by atoms with van der Waals surface area (Å²) in [6.45, 7) is 5.15. The van der Waals surface area contributed by atoms with E-state index in [-0.39, 0.29) is 18.5 Å². The molecule has 0 spiro atoms. The molecule has 0 amide bonds. The van der Waals surface area contributed by atoms with Gasteiger partial charge in [0.25, 0.3) is 0 Å². The number of para-hydroxylation sites is 1. The van der Waals surface area contributed by atoms with Gasteiger partial charge >= 0.3 is 0 Å². The normalized spacial score (nSPS) is 18.4. The van der Waals surface area contributed by atoms with Crippen LogP contribution in [0.2, 0.25) is 0 Å². The molecule has 0 N–H and O–H groups in total. The van der Waals surface area contributed by atoms with Crippen molar-refractivity contribution < 1.29 is 19.0 Å². The largest absolute Gasteiger partial charge is 0.493 e. The number of carbonyl (C=O) groups excluding carboxylic acids is 1. The number of fused-ring (bicyclic) bond motifs is 2. The monoisotopic (exact) mass is 338 g/mol. The van der Waals surface area contributed by atoms with Gasteiger partial charge in [-0.3, -0.25) is 4.79 Å². The van der Waals surface area contributed by atoms with Crippen LogP contribution in [0.4, 0.5) is 0 Å². The molecule has 0 saturated carbocycles. The van der Waals surface area contributed by atoms with Gasteiger partial charge in [-0.2, -0.15) is 0 Å². The molecule has 0 aromatic heterocycles. The van der Waals surface area contributed by atoms with E-state index in [2.05, 4.69) is 19.9 Å². The van der Waals surface area contributed by atoms with Gasteiger partial charge in [0.2, 0.25) is 6.79 Å². The van der Waals surface area contributed by atoms with Crippen molar-refractivity contribution in [1.29, 1.82) is 0 Å². The number of Topliss-reactive ketones (excluding diaryl/α,β-unsaturated/α-hetero) is 1. The van der Waals surface area contributed by atoms with Crippen molar-refractivity contribution in [3.8, 4) is 17.2 Å². The zero-order chi connectivity index (χ0) is 17.4. The Kier molecular flexibility index (Phi) is 4.12. The van der Waals surface area contributed by atoms with Crippen molar-refractivity contribution in [3.05, 3.63) is 53.1 Å². The highest BCUT2D eigenvalue weighted by Gasteiger charge is 2.31. The van der Waals surface area contributed by atoms with E-state index in [1.54, 1.807) is 0 Å². The van der Waals surface area contributed by atoms with Gasteiger partial charge in [0.05, 0.1) is 6.61 Å². The average molecular weight is 338 g/mol. The first-order valence-electron chi connectivity index (χ1n) is 8.77. The van der Waals surface area contributed by atoms with Crippen LogP contribution in [0.1, 0.15) is 42.9 Å². The summed E-state index contributed by atoms with van der Waals surface area (Å²) in [5.74, 6) is 3.04. The number of carbonyl (C=O) groups is 1. The molecule has 2 aromatic carbocycles. The molecule has 1 atom stereocenters. The molecular weight excluding hydrogens is 316 g/mol. The first-order chi connectivity index (χ1) is 12.1. The Morgan fingerprint density at radius 1 is 1.12 bits per heavy atom. The van der Waals surface area contributed by atoms with Crippen molar-refractivity contribution in [2.75, 3.05) is 13.4 Å². The lowest BCUT2D eigenvalue weighted by Crippen LogP contribution is -2.20. The molecule has 4 nitrogen and oxygen atoms in total. The van der Waals surface area contributed by atoms with E-state index < -0.39 is 0 Å². The molecule has 1 aliphatic heterocycles. The third kappa shape index (κ3) is 3.09. The number of hydrogen-bond acceptors (Lipinski definition) is 4. The summed E-state index contributed by atoms with van der Waals surface area (Å²) in [4.78, 5) is 12.4. The van der Waals surface area contributed by atoms with E-state index in [4.69, 9.17) is 14.2 Å². The van der Waals surface area contributed by atoms with Crippen LogP contribution in [0.15, 0.2) is 36.4 Å². The van der Waals surface area contributed by atoms with Gasteiger partial charge in [0.15, 0.2) is 11.5 Å². The average Bonchev–Trinajstić information content (AvgIpc) is 3.05. The van der Waals surface area contributed by atoms with Gasteiger partial charge in [0.1, 0.15) is 11.5 Å². The Labute approximate surface area is 147 Å². The first kappa shape index (κ1) is 16.0. The van der Waals surface area contributed by atoms with Gasteiger partial charge in [-0.1, -0.05) is 32.0 Å². The van der Waals surface area contributed by atoms with E-state index in [9.17, 15) is 4.79 Å². The maximum absolute atomic E-state index is 12.4. The van der Waals surface area contributed by atoms with Crippen LogP contribution in [0.5, 0.6) is 17.2 Å². The van der Waals surface area contributed by atoms with Gasteiger partial charge in [-0.15, -0.1) is 0 Å². The molecule has 0 bridgehead atoms. The topological polar surface area (TPSA) is 44.8 Å². The molecule has 130 valence electrons. The highest BCUT2D eigenvalue weighted by atomic mass is 16.7. The van der Waals surface area contributed by atoms with Crippen LogP contribution < -0.4 is 14.2 Å². The van der Waals surface area contributed by atoms with Crippen LogP contribution in [-0.2, 0) is 11.2 Å². The third-order valence-corrected chi connectivity index (χ3v) is 4.70. The Morgan fingerprint density at radius 3 is 2.68 bits per heavy atom. The van der Waals surface area contributed by atoms with Crippen molar-refractivity contribution in [1.82, 2.24) is 0 Å². The maximum atomic E-state index is 12.4. The minimum Gasteiger partial charge on any atom is -0.493 e. The van der Waals surface area contributed by atoms with E-state index in [0.29, 0.717) is 25.4 Å². The summed E-state index contributed by atoms with van der Waals surface area (Å²) in [7, 11) is 0. The molecule has 4 heteroatoms. The van der Waals surface area contributed by atoms with Crippen LogP contribution in [0, 0.1) is 5.92 Å². The zero-order valence-electron chi connectivity index (χ0n) is 14.6. The smallest absolute Gasteiger partial charge is 0.231 e. The zero-order valence-corrected chi connectivity index (χ0v) is 14.6. The van der Waals surface area contributed by atoms with Crippen molar-refractivity contribution in [3.63, 3.8) is 0 Å². The molecule has 0 saturated heterocycles. The number of benzene rings is 2. The Balaban J connectivity index is 1.76. The minimum atomic E-state index is -0.00545. The standard InChI is InChI=1S/C21H22O4/c1-13(2)11-23-19-6-4-3-5-16(19)18-9-15(22)7-14-8-20-21(10-17(14)18)25-12-24-20/h3-6,8,10,13,18H,7,9,11-12H2,1-2H3. The number of hydrogen-bond donors (Lipinski definition) is 0. The molecule has 2 aromatic rings. The van der Waals surface area contributed by atoms with Crippen LogP contribution in [-0.4, -0.2) is 19.2 Å². The molecule has 1 heterocycles. The Morgan fingerprint density at radius 2 is 1.88 bits per heavy atom. The fourth-order valence-corrected chi connectivity index (χ4v) is 3.53. The predicted molar refractivity (Wildman–Crippen MR) is 94.5 cm³/mol. The molecule has 1 aliphatic carbocycles. The Hall–Kier alpha value is -2.49. The molecule has 2 aliphatic rings. The highest BCUT2D eigenvalue weighted by molar-refractivity contribution is 5.85. The van der Waals surface area contributed by atoms with E-state index in [1.165, 1.54) is 0 Å². The summed E-state index contributed by atoms with van der Waals surface area (Å²) >= 11 is 0. The predicted octanol–water partition coefficient (Wildman–Crippen LogP) is 4.10. The summed E-state index contributed by atoms with van der Waals surface area (Å²) in [6, 6.07) is 12.0. The quantitative estimate of drug-likeness (QED) is 0.842. The maximum Gasteiger partial charge on any atom is 0.231 e. The van der Waals surface area contributed by atoms with Crippen molar-refractivity contribution in [2.24, 2.45) is 5.92 Å². The second-order valence-electron chi connectivity index (χ2n) is 7.12. The van der Waals surface area contributed by atoms with Crippen molar-refractivity contribution >= 4 is 5.78 Å². The number of rotatable bonds is 4. The highest BCUT2D eigenvalue weighted by Crippen LogP contribution is 2.44. The minimum absolute atomic E-state index is 0.00545. The lowest BCUT2D eigenvalue weighted by Gasteiger charge is -2.27. The van der Waals surface area contributed by atoms with E-state index in [0.717, 1.165) is 33.9 Å². The molecular formula is C21H22O4. The summed E-state index contributed by atoms with van der Waals surface area (Å²) in [5, 5.41) is 0. The molecule has 1 unspecified atom stereocenters. The molecule has 25 heavy (non-hydrogen) atoms. The first-order valence-corrected chi connectivity index (χ1v) is 8.77. The fraction of sp³-hybridized carbons (Fsp3) is 0.381. The van der Waals surface area contributed by atoms with Crippen molar-refractivity contribution in [2.45, 2.75) is 32.6 Å². The summed E-state index contributed by atoms with van der Waals surface area (Å²) < 4.78 is 17.0. The lowest BCUT2D eigenvalue weighted by atomic mass is 9.78. The van der Waals surface area contributed by atoms with E-state index >= 15 is 0 Å². The second kappa shape index (κ2) is 6.43. The van der Waals surface area contributed by atoms with Crippen LogP contribution >= 0.6 is 0 Å².